The van der Waals surface area contributed by atoms with E-state index < -0.39 is 11.8 Å². The van der Waals surface area contributed by atoms with Crippen molar-refractivity contribution in [3.05, 3.63) is 99.1 Å². The molecule has 6 rings (SSSR count). The second-order valence-electron chi connectivity index (χ2n) is 9.17. The Labute approximate surface area is 285 Å². The molecule has 0 radical (unpaired) electrons. The molecule has 0 aliphatic heterocycles. The molecule has 0 amide bonds. The fraction of sp³-hybridized carbons (Fsp3) is 0.0667. The number of methoxy groups -OCH3 is 1. The van der Waals surface area contributed by atoms with E-state index in [-0.39, 0.29) is 17.3 Å². The van der Waals surface area contributed by atoms with Crippen LogP contribution in [-0.2, 0) is 16.0 Å². The van der Waals surface area contributed by atoms with Crippen LogP contribution in [0.5, 0.6) is 5.88 Å². The monoisotopic (exact) mass is 708 g/mol. The van der Waals surface area contributed by atoms with E-state index in [1.807, 2.05) is 17.5 Å². The third-order valence-electron chi connectivity index (χ3n) is 5.86. The van der Waals surface area contributed by atoms with E-state index in [9.17, 15) is 14.7 Å². The number of aromatic nitrogens is 6. The van der Waals surface area contributed by atoms with E-state index in [2.05, 4.69) is 45.3 Å². The molecule has 0 atom stereocenters. The van der Waals surface area contributed by atoms with Gasteiger partial charge >= 0.3 is 11.9 Å². The number of ether oxygens (including phenoxy) is 1. The molecule has 13 nitrogen and oxygen atoms in total. The van der Waals surface area contributed by atoms with Crippen LogP contribution >= 0.6 is 45.9 Å². The maximum Gasteiger partial charge on any atom is 0.351 e. The standard InChI is InChI=1S/C16H13ClN4O2S.C14H9ClN4O3S/c1-23-14(22)8-12-9-24-15(19-12)13-6-7-18-16(21-13)20-11-4-2-10(17)3-5-11;15-7-1-3-8(4-2-7)17-14-16-6-5-9(18-14)12-19-11(20)10(23-12)13(21)22/h2-7,9H,8H2,1H3,(H,18,20,21);1-6,20H,(H,21,22)(H,16,17,18). The van der Waals surface area contributed by atoms with Gasteiger partial charge in [0.25, 0.3) is 0 Å². The molecule has 0 unspecified atom stereocenters. The Morgan fingerprint density at radius 2 is 1.32 bits per heavy atom. The van der Waals surface area contributed by atoms with Crippen LogP contribution in [0.15, 0.2) is 78.4 Å². The smallest absolute Gasteiger partial charge is 0.351 e. The molecule has 17 heteroatoms. The third kappa shape index (κ3) is 9.17. The number of benzene rings is 2. The van der Waals surface area contributed by atoms with Crippen LogP contribution in [0.2, 0.25) is 10.0 Å². The lowest BCUT2D eigenvalue weighted by atomic mass is 10.3. The number of carboxylic acid groups (broad SMARTS) is 1. The molecule has 47 heavy (non-hydrogen) atoms. The minimum atomic E-state index is -1.24. The zero-order chi connectivity index (χ0) is 33.3. The number of thiazole rings is 2. The number of nitrogens with zero attached hydrogens (tertiary/aromatic N) is 6. The van der Waals surface area contributed by atoms with Gasteiger partial charge in [0.15, 0.2) is 4.88 Å². The lowest BCUT2D eigenvalue weighted by Gasteiger charge is -2.05. The Morgan fingerprint density at radius 3 is 1.81 bits per heavy atom. The van der Waals surface area contributed by atoms with Crippen molar-refractivity contribution in [3.8, 4) is 27.3 Å². The summed E-state index contributed by atoms with van der Waals surface area (Å²) in [6, 6.07) is 17.6. The van der Waals surface area contributed by atoms with E-state index >= 15 is 0 Å². The summed E-state index contributed by atoms with van der Waals surface area (Å²) in [6.45, 7) is 0. The van der Waals surface area contributed by atoms with Crippen LogP contribution in [0, 0.1) is 0 Å². The van der Waals surface area contributed by atoms with Crippen molar-refractivity contribution in [2.75, 3.05) is 17.7 Å². The van der Waals surface area contributed by atoms with Crippen molar-refractivity contribution in [2.45, 2.75) is 6.42 Å². The molecule has 4 heterocycles. The van der Waals surface area contributed by atoms with Crippen molar-refractivity contribution < 1.29 is 24.5 Å². The first-order valence-corrected chi connectivity index (χ1v) is 15.8. The summed E-state index contributed by atoms with van der Waals surface area (Å²) < 4.78 is 4.64. The normalized spacial score (nSPS) is 10.4. The van der Waals surface area contributed by atoms with Gasteiger partial charge in [0, 0.05) is 39.2 Å². The molecule has 0 aliphatic rings. The number of rotatable bonds is 9. The number of nitrogens with one attached hydrogen (secondary N) is 2. The van der Waals surface area contributed by atoms with Gasteiger partial charge in [-0.15, -0.1) is 22.7 Å². The van der Waals surface area contributed by atoms with Gasteiger partial charge in [-0.25, -0.2) is 29.7 Å². The molecule has 6 aromatic rings. The second-order valence-corrected chi connectivity index (χ2v) is 11.9. The molecule has 0 aliphatic carbocycles. The van der Waals surface area contributed by atoms with E-state index in [4.69, 9.17) is 28.3 Å². The second kappa shape index (κ2) is 15.4. The molecule has 0 spiro atoms. The summed E-state index contributed by atoms with van der Waals surface area (Å²) in [5, 5.41) is 28.7. The summed E-state index contributed by atoms with van der Waals surface area (Å²) in [5.74, 6) is -1.31. The number of anilines is 4. The minimum absolute atomic E-state index is 0.147. The highest BCUT2D eigenvalue weighted by molar-refractivity contribution is 7.17. The van der Waals surface area contributed by atoms with Gasteiger partial charge in [-0.2, -0.15) is 4.98 Å². The third-order valence-corrected chi connectivity index (χ3v) is 8.33. The number of halogens is 2. The molecule has 0 saturated heterocycles. The highest BCUT2D eigenvalue weighted by Crippen LogP contribution is 2.31. The number of carbonyl (C=O) groups excluding carboxylic acids is 1. The topological polar surface area (TPSA) is 185 Å². The first-order valence-electron chi connectivity index (χ1n) is 13.3. The Bertz CT molecular complexity index is 2010. The first-order chi connectivity index (χ1) is 22.7. The van der Waals surface area contributed by atoms with Crippen LogP contribution in [0.4, 0.5) is 23.3 Å². The molecule has 0 bridgehead atoms. The zero-order valence-electron chi connectivity index (χ0n) is 24.1. The van der Waals surface area contributed by atoms with E-state index in [1.165, 1.54) is 24.6 Å². The van der Waals surface area contributed by atoms with Gasteiger partial charge in [-0.05, 0) is 60.7 Å². The molecule has 0 saturated carbocycles. The Morgan fingerprint density at radius 1 is 0.787 bits per heavy atom. The largest absolute Gasteiger partial charge is 0.492 e. The minimum Gasteiger partial charge on any atom is -0.492 e. The van der Waals surface area contributed by atoms with Gasteiger partial charge in [-0.1, -0.05) is 23.2 Å². The number of aromatic carboxylic acids is 1. The van der Waals surface area contributed by atoms with Crippen LogP contribution in [0.3, 0.4) is 0 Å². The average molecular weight is 710 g/mol. The molecule has 238 valence electrons. The summed E-state index contributed by atoms with van der Waals surface area (Å²) in [6.07, 6.45) is 3.31. The number of carbonyl (C=O) groups is 2. The van der Waals surface area contributed by atoms with Crippen LogP contribution in [0.1, 0.15) is 15.4 Å². The zero-order valence-corrected chi connectivity index (χ0v) is 27.2. The highest BCUT2D eigenvalue weighted by atomic mass is 35.5. The quantitative estimate of drug-likeness (QED) is 0.111. The summed E-state index contributed by atoms with van der Waals surface area (Å²) >= 11 is 14.0. The number of aromatic hydroxyl groups is 1. The van der Waals surface area contributed by atoms with Gasteiger partial charge in [0.05, 0.1) is 19.2 Å². The summed E-state index contributed by atoms with van der Waals surface area (Å²) in [4.78, 5) is 47.3. The number of esters is 1. The average Bonchev–Trinajstić information content (AvgIpc) is 3.70. The SMILES string of the molecule is COC(=O)Cc1csc(-c2ccnc(Nc3ccc(Cl)cc3)n2)n1.O=C(O)c1sc(-c2ccnc(Nc3ccc(Cl)cc3)n2)nc1O. The van der Waals surface area contributed by atoms with Gasteiger partial charge in [0.1, 0.15) is 21.4 Å². The van der Waals surface area contributed by atoms with E-state index in [0.717, 1.165) is 27.7 Å². The molecule has 0 fully saturated rings. The Balaban J connectivity index is 0.000000185. The Kier molecular flexibility index (Phi) is 10.8. The van der Waals surface area contributed by atoms with Crippen LogP contribution < -0.4 is 10.6 Å². The van der Waals surface area contributed by atoms with Crippen molar-refractivity contribution in [1.82, 2.24) is 29.9 Å². The van der Waals surface area contributed by atoms with Gasteiger partial charge < -0.3 is 25.6 Å². The van der Waals surface area contributed by atoms with Crippen molar-refractivity contribution in [1.29, 1.82) is 0 Å². The van der Waals surface area contributed by atoms with Crippen molar-refractivity contribution in [2.24, 2.45) is 0 Å². The predicted molar refractivity (Wildman–Crippen MR) is 180 cm³/mol. The first kappa shape index (κ1) is 33.2. The highest BCUT2D eigenvalue weighted by Gasteiger charge is 2.18. The summed E-state index contributed by atoms with van der Waals surface area (Å²) in [5.41, 5.74) is 3.33. The molecule has 2 aromatic carbocycles. The maximum absolute atomic E-state index is 11.3. The van der Waals surface area contributed by atoms with Gasteiger partial charge in [0.2, 0.25) is 17.8 Å². The van der Waals surface area contributed by atoms with Crippen LogP contribution in [0.25, 0.3) is 21.4 Å². The predicted octanol–water partition coefficient (Wildman–Crippen LogP) is 7.11. The van der Waals surface area contributed by atoms with E-state index in [0.29, 0.717) is 44.0 Å². The van der Waals surface area contributed by atoms with Crippen molar-refractivity contribution in [3.63, 3.8) is 0 Å². The van der Waals surface area contributed by atoms with E-state index in [1.54, 1.807) is 54.7 Å². The molecular weight excluding hydrogens is 687 g/mol. The Hall–Kier alpha value is -5.22. The number of hydrogen-bond donors (Lipinski definition) is 4. The fourth-order valence-corrected chi connectivity index (χ4v) is 5.50. The summed E-state index contributed by atoms with van der Waals surface area (Å²) in [7, 11) is 1.36. The number of carboxylic acids is 1. The fourth-order valence-electron chi connectivity index (χ4n) is 3.69. The molecule has 4 aromatic heterocycles. The molecular formula is C30H22Cl2N8O5S2. The number of hydrogen-bond acceptors (Lipinski definition) is 14. The van der Waals surface area contributed by atoms with Crippen molar-refractivity contribution >= 4 is 81.1 Å². The molecule has 4 N–H and O–H groups in total. The lowest BCUT2D eigenvalue weighted by Crippen LogP contribution is -2.04. The lowest BCUT2D eigenvalue weighted by molar-refractivity contribution is -0.139. The van der Waals surface area contributed by atoms with Gasteiger partial charge in [-0.3, -0.25) is 4.79 Å². The maximum atomic E-state index is 11.3. The van der Waals surface area contributed by atoms with Crippen LogP contribution in [-0.4, -0.2) is 59.2 Å².